The Hall–Kier alpha value is -3.66. The number of carbonyl (C=O) groups is 1. The first kappa shape index (κ1) is 15.8. The van der Waals surface area contributed by atoms with Crippen LogP contribution in [0.1, 0.15) is 10.4 Å². The maximum absolute atomic E-state index is 12.5. The fourth-order valence-electron chi connectivity index (χ4n) is 2.87. The van der Waals surface area contributed by atoms with E-state index < -0.39 is 11.7 Å². The van der Waals surface area contributed by atoms with Crippen molar-refractivity contribution in [3.8, 4) is 11.1 Å². The number of benzene rings is 3. The van der Waals surface area contributed by atoms with E-state index in [1.54, 1.807) is 30.3 Å². The predicted octanol–water partition coefficient (Wildman–Crippen LogP) is 4.62. The summed E-state index contributed by atoms with van der Waals surface area (Å²) in [4.78, 5) is 24.5. The van der Waals surface area contributed by atoms with Crippen LogP contribution >= 0.6 is 0 Å². The van der Waals surface area contributed by atoms with E-state index in [-0.39, 0.29) is 0 Å². The number of rotatable bonds is 3. The smallest absolute Gasteiger partial charge is 0.407 e. The first-order valence-electron chi connectivity index (χ1n) is 8.21. The molecule has 0 aliphatic carbocycles. The van der Waals surface area contributed by atoms with E-state index in [2.05, 4.69) is 0 Å². The van der Waals surface area contributed by atoms with Crippen LogP contribution in [0.15, 0.2) is 94.2 Å². The second-order valence-electron chi connectivity index (χ2n) is 5.83. The third kappa shape index (κ3) is 3.00. The van der Waals surface area contributed by atoms with Gasteiger partial charge in [0, 0.05) is 6.08 Å². The summed E-state index contributed by atoms with van der Waals surface area (Å²) in [5.41, 5.74) is 3.90. The average Bonchev–Trinajstić information content (AvgIpc) is 3.03. The van der Waals surface area contributed by atoms with Crippen LogP contribution in [0.5, 0.6) is 0 Å². The van der Waals surface area contributed by atoms with Crippen LogP contribution in [0.3, 0.4) is 0 Å². The molecule has 4 rings (SSSR count). The minimum Gasteiger partial charge on any atom is -0.407 e. The average molecular weight is 341 g/mol. The summed E-state index contributed by atoms with van der Waals surface area (Å²) in [6, 6.07) is 24.7. The molecular formula is C22H15NO3. The molecule has 0 amide bonds. The Labute approximate surface area is 149 Å². The molecule has 0 fully saturated rings. The van der Waals surface area contributed by atoms with E-state index in [1.807, 2.05) is 54.6 Å². The Balaban J connectivity index is 1.65. The van der Waals surface area contributed by atoms with Gasteiger partial charge < -0.3 is 4.42 Å². The van der Waals surface area contributed by atoms with Gasteiger partial charge in [-0.2, -0.15) is 0 Å². The predicted molar refractivity (Wildman–Crippen MR) is 102 cm³/mol. The number of hydrogen-bond acceptors (Lipinski definition) is 3. The van der Waals surface area contributed by atoms with Crippen LogP contribution < -0.4 is 5.76 Å². The molecule has 0 unspecified atom stereocenters. The van der Waals surface area contributed by atoms with Gasteiger partial charge in [-0.15, -0.1) is 0 Å². The molecule has 4 nitrogen and oxygen atoms in total. The summed E-state index contributed by atoms with van der Waals surface area (Å²) in [6.07, 6.45) is 3.08. The molecule has 26 heavy (non-hydrogen) atoms. The summed E-state index contributed by atoms with van der Waals surface area (Å²) >= 11 is 0. The number of fused-ring (bicyclic) bond motifs is 1. The van der Waals surface area contributed by atoms with Gasteiger partial charge in [-0.1, -0.05) is 60.7 Å². The third-order valence-electron chi connectivity index (χ3n) is 4.12. The molecule has 4 heteroatoms. The molecule has 0 atom stereocenters. The molecule has 0 saturated carbocycles. The zero-order valence-electron chi connectivity index (χ0n) is 13.8. The van der Waals surface area contributed by atoms with Crippen molar-refractivity contribution in [1.82, 2.24) is 4.57 Å². The van der Waals surface area contributed by atoms with Gasteiger partial charge in [0.2, 0.25) is 0 Å². The number of hydrogen-bond donors (Lipinski definition) is 0. The summed E-state index contributed by atoms with van der Waals surface area (Å²) in [7, 11) is 0. The van der Waals surface area contributed by atoms with Gasteiger partial charge in [0.25, 0.3) is 5.91 Å². The van der Waals surface area contributed by atoms with E-state index in [0.717, 1.165) is 21.3 Å². The molecule has 1 heterocycles. The summed E-state index contributed by atoms with van der Waals surface area (Å²) in [5, 5.41) is 0. The SMILES string of the molecule is O=C(/C=C/c1cccc(-c2ccccc2)c1)n1c(=O)oc2ccccc21. The lowest BCUT2D eigenvalue weighted by Gasteiger charge is -2.02. The Bertz CT molecular complexity index is 1170. The summed E-state index contributed by atoms with van der Waals surface area (Å²) in [5.74, 6) is -1.12. The lowest BCUT2D eigenvalue weighted by Crippen LogP contribution is -2.20. The zero-order chi connectivity index (χ0) is 17.9. The highest BCUT2D eigenvalue weighted by Gasteiger charge is 2.13. The van der Waals surface area contributed by atoms with Crippen molar-refractivity contribution in [2.24, 2.45) is 0 Å². The lowest BCUT2D eigenvalue weighted by molar-refractivity contribution is 0.0966. The van der Waals surface area contributed by atoms with E-state index in [9.17, 15) is 9.59 Å². The van der Waals surface area contributed by atoms with Crippen LogP contribution in [0.4, 0.5) is 0 Å². The Morgan fingerprint density at radius 3 is 2.42 bits per heavy atom. The van der Waals surface area contributed by atoms with E-state index in [4.69, 9.17) is 4.42 Å². The molecule has 0 aliphatic rings. The third-order valence-corrected chi connectivity index (χ3v) is 4.12. The van der Waals surface area contributed by atoms with Crippen molar-refractivity contribution in [2.75, 3.05) is 0 Å². The Morgan fingerprint density at radius 1 is 0.846 bits per heavy atom. The minimum atomic E-state index is -0.682. The first-order chi connectivity index (χ1) is 12.7. The number of nitrogens with zero attached hydrogens (tertiary/aromatic N) is 1. The van der Waals surface area contributed by atoms with Gasteiger partial charge in [0.05, 0.1) is 5.52 Å². The highest BCUT2D eigenvalue weighted by atomic mass is 16.4. The number of allylic oxidation sites excluding steroid dienone is 1. The number of oxazole rings is 1. The maximum Gasteiger partial charge on any atom is 0.427 e. The minimum absolute atomic E-state index is 0.394. The van der Waals surface area contributed by atoms with Crippen molar-refractivity contribution in [3.63, 3.8) is 0 Å². The Morgan fingerprint density at radius 2 is 1.58 bits per heavy atom. The largest absolute Gasteiger partial charge is 0.427 e. The van der Waals surface area contributed by atoms with Gasteiger partial charge in [-0.05, 0) is 41.0 Å². The van der Waals surface area contributed by atoms with Crippen molar-refractivity contribution >= 4 is 23.1 Å². The van der Waals surface area contributed by atoms with E-state index in [1.165, 1.54) is 6.08 Å². The highest BCUT2D eigenvalue weighted by Crippen LogP contribution is 2.20. The first-order valence-corrected chi connectivity index (χ1v) is 8.21. The normalized spacial score (nSPS) is 11.2. The van der Waals surface area contributed by atoms with Crippen molar-refractivity contribution in [2.45, 2.75) is 0 Å². The molecule has 4 aromatic rings. The molecule has 0 aliphatic heterocycles. The van der Waals surface area contributed by atoms with E-state index in [0.29, 0.717) is 11.1 Å². The van der Waals surface area contributed by atoms with Crippen LogP contribution in [0.2, 0.25) is 0 Å². The van der Waals surface area contributed by atoms with Crippen molar-refractivity contribution in [3.05, 3.63) is 101 Å². The van der Waals surface area contributed by atoms with Crippen molar-refractivity contribution < 1.29 is 9.21 Å². The topological polar surface area (TPSA) is 52.2 Å². The van der Waals surface area contributed by atoms with Gasteiger partial charge in [-0.3, -0.25) is 4.79 Å². The van der Waals surface area contributed by atoms with Gasteiger partial charge in [0.15, 0.2) is 5.58 Å². The molecule has 0 N–H and O–H groups in total. The zero-order valence-corrected chi connectivity index (χ0v) is 13.8. The van der Waals surface area contributed by atoms with Crippen LogP contribution in [-0.4, -0.2) is 10.5 Å². The quantitative estimate of drug-likeness (QED) is 0.511. The summed E-state index contributed by atoms with van der Waals surface area (Å²) < 4.78 is 6.14. The Kier molecular flexibility index (Phi) is 4.07. The van der Waals surface area contributed by atoms with Crippen LogP contribution in [0, 0.1) is 0 Å². The fraction of sp³-hybridized carbons (Fsp3) is 0. The monoisotopic (exact) mass is 341 g/mol. The summed E-state index contributed by atoms with van der Waals surface area (Å²) in [6.45, 7) is 0. The van der Waals surface area contributed by atoms with Crippen LogP contribution in [0.25, 0.3) is 28.3 Å². The van der Waals surface area contributed by atoms with Crippen LogP contribution in [-0.2, 0) is 0 Å². The molecule has 0 saturated heterocycles. The van der Waals surface area contributed by atoms with Gasteiger partial charge in [-0.25, -0.2) is 9.36 Å². The molecule has 0 radical (unpaired) electrons. The second kappa shape index (κ2) is 6.69. The number of aromatic nitrogens is 1. The molecule has 3 aromatic carbocycles. The number of carbonyl (C=O) groups excluding carboxylic acids is 1. The highest BCUT2D eigenvalue weighted by molar-refractivity contribution is 5.98. The van der Waals surface area contributed by atoms with Gasteiger partial charge in [0.1, 0.15) is 0 Å². The molecule has 126 valence electrons. The molecular weight excluding hydrogens is 326 g/mol. The fourth-order valence-corrected chi connectivity index (χ4v) is 2.87. The number of para-hydroxylation sites is 2. The van der Waals surface area contributed by atoms with E-state index >= 15 is 0 Å². The second-order valence-corrected chi connectivity index (χ2v) is 5.83. The molecule has 1 aromatic heterocycles. The molecule has 0 bridgehead atoms. The lowest BCUT2D eigenvalue weighted by atomic mass is 10.0. The standard InChI is InChI=1S/C22H15NO3/c24-21(23-19-11-4-5-12-20(19)26-22(23)25)14-13-16-7-6-10-18(15-16)17-8-2-1-3-9-17/h1-15H/b14-13+. The van der Waals surface area contributed by atoms with Crippen molar-refractivity contribution in [1.29, 1.82) is 0 Å². The maximum atomic E-state index is 12.5. The molecule has 0 spiro atoms. The van der Waals surface area contributed by atoms with Gasteiger partial charge >= 0.3 is 5.76 Å².